The molecule has 0 aliphatic heterocycles. The zero-order valence-corrected chi connectivity index (χ0v) is 11.5. The van der Waals surface area contributed by atoms with Crippen molar-refractivity contribution in [2.75, 3.05) is 13.2 Å². The molecule has 106 valence electrons. The van der Waals surface area contributed by atoms with E-state index in [1.807, 2.05) is 6.92 Å². The highest BCUT2D eigenvalue weighted by atomic mass is 16.3. The minimum Gasteiger partial charge on any atom is -0.394 e. The predicted molar refractivity (Wildman–Crippen MR) is 72.4 cm³/mol. The van der Waals surface area contributed by atoms with Gasteiger partial charge in [-0.2, -0.15) is 10.2 Å². The predicted octanol–water partition coefficient (Wildman–Crippen LogP) is 0.505. The van der Waals surface area contributed by atoms with Crippen molar-refractivity contribution in [2.45, 2.75) is 19.9 Å². The van der Waals surface area contributed by atoms with Gasteiger partial charge in [-0.05, 0) is 26.0 Å². The van der Waals surface area contributed by atoms with Crippen LogP contribution in [0, 0.1) is 0 Å². The fraction of sp³-hybridized carbons (Fsp3) is 0.385. The number of carbonyl (C=O) groups is 1. The van der Waals surface area contributed by atoms with Crippen LogP contribution in [0.4, 0.5) is 0 Å². The minimum atomic E-state index is -0.270. The van der Waals surface area contributed by atoms with Crippen molar-refractivity contribution < 1.29 is 9.90 Å². The highest BCUT2D eigenvalue weighted by Gasteiger charge is 2.24. The standard InChI is InChI=1S/C13H17N5O2/c1-3-17(10(2)9-19)13(20)12-11(5-4-6-14-12)18-15-7-8-16-18/h4-8,10,19H,3,9H2,1-2H3/t10-/m0/s1. The second-order valence-corrected chi connectivity index (χ2v) is 4.31. The molecule has 0 unspecified atom stereocenters. The van der Waals surface area contributed by atoms with Crippen LogP contribution in [0.1, 0.15) is 24.3 Å². The van der Waals surface area contributed by atoms with Gasteiger partial charge in [-0.1, -0.05) is 0 Å². The number of nitrogens with zero attached hydrogens (tertiary/aromatic N) is 5. The van der Waals surface area contributed by atoms with E-state index in [2.05, 4.69) is 15.2 Å². The van der Waals surface area contributed by atoms with Crippen LogP contribution >= 0.6 is 0 Å². The van der Waals surface area contributed by atoms with Crippen molar-refractivity contribution in [3.63, 3.8) is 0 Å². The molecule has 2 aromatic heterocycles. The number of pyridine rings is 1. The molecule has 0 aliphatic rings. The summed E-state index contributed by atoms with van der Waals surface area (Å²) in [4.78, 5) is 19.6. The van der Waals surface area contributed by atoms with Crippen LogP contribution in [0.15, 0.2) is 30.7 Å². The summed E-state index contributed by atoms with van der Waals surface area (Å²) >= 11 is 0. The van der Waals surface area contributed by atoms with Gasteiger partial charge in [-0.25, -0.2) is 4.98 Å². The van der Waals surface area contributed by atoms with Crippen LogP contribution in [-0.4, -0.2) is 55.1 Å². The number of aromatic nitrogens is 4. The van der Waals surface area contributed by atoms with Gasteiger partial charge in [0.2, 0.25) is 0 Å². The Morgan fingerprint density at radius 2 is 2.10 bits per heavy atom. The smallest absolute Gasteiger partial charge is 0.275 e. The largest absolute Gasteiger partial charge is 0.394 e. The van der Waals surface area contributed by atoms with Crippen LogP contribution in [0.2, 0.25) is 0 Å². The summed E-state index contributed by atoms with van der Waals surface area (Å²) in [5.74, 6) is -0.248. The lowest BCUT2D eigenvalue weighted by Gasteiger charge is -2.26. The summed E-state index contributed by atoms with van der Waals surface area (Å²) < 4.78 is 0. The zero-order valence-electron chi connectivity index (χ0n) is 11.5. The Labute approximate surface area is 116 Å². The fourth-order valence-corrected chi connectivity index (χ4v) is 1.95. The van der Waals surface area contributed by atoms with Crippen molar-refractivity contribution in [1.29, 1.82) is 0 Å². The monoisotopic (exact) mass is 275 g/mol. The van der Waals surface area contributed by atoms with Crippen molar-refractivity contribution in [3.05, 3.63) is 36.4 Å². The average Bonchev–Trinajstić information content (AvgIpc) is 3.01. The van der Waals surface area contributed by atoms with E-state index in [0.717, 1.165) is 0 Å². The molecule has 2 rings (SSSR count). The van der Waals surface area contributed by atoms with E-state index in [-0.39, 0.29) is 24.2 Å². The van der Waals surface area contributed by atoms with Gasteiger partial charge >= 0.3 is 0 Å². The third-order valence-corrected chi connectivity index (χ3v) is 3.02. The quantitative estimate of drug-likeness (QED) is 0.859. The van der Waals surface area contributed by atoms with Crippen molar-refractivity contribution in [2.24, 2.45) is 0 Å². The van der Waals surface area contributed by atoms with Crippen LogP contribution in [0.5, 0.6) is 0 Å². The number of likely N-dealkylation sites (N-methyl/N-ethyl adjacent to an activating group) is 1. The Bertz CT molecular complexity index is 570. The number of hydrogen-bond acceptors (Lipinski definition) is 5. The number of aliphatic hydroxyl groups excluding tert-OH is 1. The highest BCUT2D eigenvalue weighted by molar-refractivity contribution is 5.95. The Morgan fingerprint density at radius 1 is 1.40 bits per heavy atom. The molecule has 0 fully saturated rings. The molecule has 20 heavy (non-hydrogen) atoms. The van der Waals surface area contributed by atoms with E-state index in [0.29, 0.717) is 12.2 Å². The van der Waals surface area contributed by atoms with Gasteiger partial charge < -0.3 is 10.0 Å². The van der Waals surface area contributed by atoms with Crippen LogP contribution < -0.4 is 0 Å². The molecule has 1 amide bonds. The van der Waals surface area contributed by atoms with E-state index < -0.39 is 0 Å². The van der Waals surface area contributed by atoms with Gasteiger partial charge in [0.05, 0.1) is 25.0 Å². The molecular formula is C13H17N5O2. The van der Waals surface area contributed by atoms with Gasteiger partial charge in [0.1, 0.15) is 5.69 Å². The Kier molecular flexibility index (Phi) is 4.41. The average molecular weight is 275 g/mol. The molecule has 0 bridgehead atoms. The lowest BCUT2D eigenvalue weighted by Crippen LogP contribution is -2.41. The first kappa shape index (κ1) is 14.1. The van der Waals surface area contributed by atoms with E-state index in [1.165, 1.54) is 17.2 Å². The van der Waals surface area contributed by atoms with Gasteiger partial charge in [0, 0.05) is 12.7 Å². The number of rotatable bonds is 5. The molecule has 7 nitrogen and oxygen atoms in total. The van der Waals surface area contributed by atoms with Crippen molar-refractivity contribution >= 4 is 5.91 Å². The zero-order chi connectivity index (χ0) is 14.5. The lowest BCUT2D eigenvalue weighted by atomic mass is 10.2. The normalized spacial score (nSPS) is 12.2. The second kappa shape index (κ2) is 6.25. The number of aliphatic hydroxyl groups is 1. The lowest BCUT2D eigenvalue weighted by molar-refractivity contribution is 0.0626. The third kappa shape index (κ3) is 2.67. The molecule has 0 radical (unpaired) electrons. The van der Waals surface area contributed by atoms with Crippen LogP contribution in [0.3, 0.4) is 0 Å². The summed E-state index contributed by atoms with van der Waals surface area (Å²) in [5.41, 5.74) is 0.789. The van der Waals surface area contributed by atoms with Gasteiger partial charge in [-0.3, -0.25) is 4.79 Å². The summed E-state index contributed by atoms with van der Waals surface area (Å²) in [6, 6.07) is 3.19. The second-order valence-electron chi connectivity index (χ2n) is 4.31. The maximum Gasteiger partial charge on any atom is 0.275 e. The summed E-state index contributed by atoms with van der Waals surface area (Å²) in [7, 11) is 0. The summed E-state index contributed by atoms with van der Waals surface area (Å²) in [5, 5.41) is 17.3. The molecule has 2 aromatic rings. The molecule has 0 saturated carbocycles. The first-order valence-corrected chi connectivity index (χ1v) is 6.42. The van der Waals surface area contributed by atoms with Crippen molar-refractivity contribution in [3.8, 4) is 5.69 Å². The molecule has 2 heterocycles. The summed E-state index contributed by atoms with van der Waals surface area (Å²) in [6.07, 6.45) is 4.63. The first-order chi connectivity index (χ1) is 9.69. The fourth-order valence-electron chi connectivity index (χ4n) is 1.95. The highest BCUT2D eigenvalue weighted by Crippen LogP contribution is 2.13. The van der Waals surface area contributed by atoms with E-state index in [1.54, 1.807) is 30.2 Å². The number of carbonyl (C=O) groups excluding carboxylic acids is 1. The molecule has 0 aliphatic carbocycles. The van der Waals surface area contributed by atoms with E-state index >= 15 is 0 Å². The van der Waals surface area contributed by atoms with Gasteiger partial charge in [0.15, 0.2) is 5.69 Å². The maximum atomic E-state index is 12.6. The summed E-state index contributed by atoms with van der Waals surface area (Å²) in [6.45, 7) is 4.04. The molecule has 0 spiro atoms. The molecule has 1 atom stereocenters. The number of hydrogen-bond donors (Lipinski definition) is 1. The molecule has 7 heteroatoms. The molecule has 0 aromatic carbocycles. The first-order valence-electron chi connectivity index (χ1n) is 6.42. The topological polar surface area (TPSA) is 84.1 Å². The SMILES string of the molecule is CCN(C(=O)c1ncccc1-n1nccn1)[C@@H](C)CO. The molecule has 1 N–H and O–H groups in total. The van der Waals surface area contributed by atoms with Crippen LogP contribution in [0.25, 0.3) is 5.69 Å². The molecule has 0 saturated heterocycles. The van der Waals surface area contributed by atoms with Gasteiger partial charge in [0.25, 0.3) is 5.91 Å². The van der Waals surface area contributed by atoms with Crippen LogP contribution in [-0.2, 0) is 0 Å². The van der Waals surface area contributed by atoms with Gasteiger partial charge in [-0.15, -0.1) is 4.80 Å². The third-order valence-electron chi connectivity index (χ3n) is 3.02. The van der Waals surface area contributed by atoms with Crippen molar-refractivity contribution in [1.82, 2.24) is 24.9 Å². The molecular weight excluding hydrogens is 258 g/mol. The minimum absolute atomic E-state index is 0.0955. The Hall–Kier alpha value is -2.28. The van der Waals surface area contributed by atoms with E-state index in [4.69, 9.17) is 0 Å². The van der Waals surface area contributed by atoms with E-state index in [9.17, 15) is 9.90 Å². The maximum absolute atomic E-state index is 12.6. The Balaban J connectivity index is 2.40. The Morgan fingerprint density at radius 3 is 2.70 bits per heavy atom. The number of amides is 1.